The number of carbonyl (C=O) groups excluding carboxylic acids is 2. The largest absolute Gasteiger partial charge is 0.481 e. The van der Waals surface area contributed by atoms with Gasteiger partial charge in [0.15, 0.2) is 0 Å². The second-order valence-electron chi connectivity index (χ2n) is 7.22. The molecule has 1 aromatic heterocycles. The van der Waals surface area contributed by atoms with Gasteiger partial charge >= 0.3 is 5.97 Å². The van der Waals surface area contributed by atoms with Crippen LogP contribution in [0.5, 0.6) is 0 Å². The summed E-state index contributed by atoms with van der Waals surface area (Å²) < 4.78 is 0. The number of benzene rings is 1. The molecule has 1 fully saturated rings. The van der Waals surface area contributed by atoms with Crippen molar-refractivity contribution < 1.29 is 19.5 Å². The molecule has 1 aliphatic heterocycles. The summed E-state index contributed by atoms with van der Waals surface area (Å²) in [5.74, 6) is -2.96. The number of amides is 2. The molecule has 2 heterocycles. The van der Waals surface area contributed by atoms with E-state index in [0.29, 0.717) is 11.3 Å². The van der Waals surface area contributed by atoms with Crippen LogP contribution < -0.4 is 5.32 Å². The minimum Gasteiger partial charge on any atom is -0.481 e. The lowest BCUT2D eigenvalue weighted by Crippen LogP contribution is -2.49. The Bertz CT molecular complexity index is 895. The number of aryl methyl sites for hydroxylation is 2. The van der Waals surface area contributed by atoms with Crippen molar-refractivity contribution in [3.8, 4) is 0 Å². The molecule has 28 heavy (non-hydrogen) atoms. The van der Waals surface area contributed by atoms with Crippen molar-refractivity contribution in [2.75, 3.05) is 18.4 Å². The first-order valence-corrected chi connectivity index (χ1v) is 9.15. The Hall–Kier alpha value is -3.22. The highest BCUT2D eigenvalue weighted by molar-refractivity contribution is 5.97. The van der Waals surface area contributed by atoms with Crippen LogP contribution in [0.15, 0.2) is 42.6 Å². The molecule has 2 atom stereocenters. The van der Waals surface area contributed by atoms with Crippen LogP contribution in [0, 0.1) is 25.7 Å². The van der Waals surface area contributed by atoms with E-state index < -0.39 is 17.8 Å². The van der Waals surface area contributed by atoms with Gasteiger partial charge in [-0.05, 0) is 44.5 Å². The van der Waals surface area contributed by atoms with Crippen LogP contribution in [0.3, 0.4) is 0 Å². The third kappa shape index (κ3) is 4.54. The number of rotatable bonds is 4. The number of nitrogens with one attached hydrogen (secondary N) is 1. The van der Waals surface area contributed by atoms with Crippen LogP contribution in [0.4, 0.5) is 5.69 Å². The Kier molecular flexibility index (Phi) is 5.73. The van der Waals surface area contributed by atoms with E-state index in [0.717, 1.165) is 11.3 Å². The number of carboxylic acids is 1. The van der Waals surface area contributed by atoms with Crippen molar-refractivity contribution in [3.63, 3.8) is 0 Å². The normalized spacial score (nSPS) is 19.1. The molecule has 0 aliphatic carbocycles. The molecule has 0 saturated carbocycles. The molecule has 0 bridgehead atoms. The van der Waals surface area contributed by atoms with Gasteiger partial charge in [0.05, 0.1) is 23.7 Å². The smallest absolute Gasteiger partial charge is 0.308 e. The SMILES string of the molecule is Cc1cccc(C(=O)N2C[C@@H](C(=O)O)C[C@@H](C(=O)Nc3ccc(C)nc3)C2)c1. The van der Waals surface area contributed by atoms with Gasteiger partial charge in [-0.3, -0.25) is 19.4 Å². The zero-order valence-electron chi connectivity index (χ0n) is 15.9. The maximum absolute atomic E-state index is 12.9. The summed E-state index contributed by atoms with van der Waals surface area (Å²) in [5, 5.41) is 12.3. The molecule has 7 heteroatoms. The molecule has 1 saturated heterocycles. The Morgan fingerprint density at radius 3 is 2.50 bits per heavy atom. The predicted molar refractivity (Wildman–Crippen MR) is 104 cm³/mol. The van der Waals surface area contributed by atoms with E-state index >= 15 is 0 Å². The molecular weight excluding hydrogens is 358 g/mol. The van der Waals surface area contributed by atoms with E-state index in [4.69, 9.17) is 0 Å². The van der Waals surface area contributed by atoms with E-state index in [9.17, 15) is 19.5 Å². The van der Waals surface area contributed by atoms with Crippen molar-refractivity contribution in [3.05, 3.63) is 59.4 Å². The Morgan fingerprint density at radius 1 is 1.11 bits per heavy atom. The van der Waals surface area contributed by atoms with Gasteiger partial charge < -0.3 is 15.3 Å². The number of carbonyl (C=O) groups is 3. The molecule has 146 valence electrons. The fourth-order valence-corrected chi connectivity index (χ4v) is 3.38. The highest BCUT2D eigenvalue weighted by atomic mass is 16.4. The molecule has 0 radical (unpaired) electrons. The van der Waals surface area contributed by atoms with Crippen molar-refractivity contribution in [1.29, 1.82) is 0 Å². The Labute approximate surface area is 163 Å². The second-order valence-corrected chi connectivity index (χ2v) is 7.22. The summed E-state index contributed by atoms with van der Waals surface area (Å²) in [6.07, 6.45) is 1.75. The van der Waals surface area contributed by atoms with E-state index in [1.807, 2.05) is 19.9 Å². The first-order valence-electron chi connectivity index (χ1n) is 9.15. The van der Waals surface area contributed by atoms with Crippen LogP contribution in [0.25, 0.3) is 0 Å². The molecule has 1 aliphatic rings. The lowest BCUT2D eigenvalue weighted by Gasteiger charge is -2.35. The van der Waals surface area contributed by atoms with Crippen LogP contribution in [-0.4, -0.2) is 45.9 Å². The fourth-order valence-electron chi connectivity index (χ4n) is 3.38. The number of carboxylic acid groups (broad SMARTS) is 1. The standard InChI is InChI=1S/C21H23N3O4/c1-13-4-3-5-15(8-13)20(26)24-11-16(9-17(12-24)21(27)28)19(25)23-18-7-6-14(2)22-10-18/h3-8,10,16-17H,9,11-12H2,1-2H3,(H,23,25)(H,27,28)/t16-,17+/m1/s1. The van der Waals surface area contributed by atoms with E-state index in [1.165, 1.54) is 4.90 Å². The van der Waals surface area contributed by atoms with Gasteiger partial charge in [-0.1, -0.05) is 17.7 Å². The summed E-state index contributed by atoms with van der Waals surface area (Å²) in [4.78, 5) is 42.8. The third-order valence-corrected chi connectivity index (χ3v) is 4.90. The Morgan fingerprint density at radius 2 is 1.86 bits per heavy atom. The highest BCUT2D eigenvalue weighted by Crippen LogP contribution is 2.25. The summed E-state index contributed by atoms with van der Waals surface area (Å²) in [5.41, 5.74) is 2.81. The quantitative estimate of drug-likeness (QED) is 0.848. The van der Waals surface area contributed by atoms with E-state index in [-0.39, 0.29) is 31.3 Å². The maximum atomic E-state index is 12.9. The van der Waals surface area contributed by atoms with Gasteiger partial charge in [-0.15, -0.1) is 0 Å². The molecule has 1 aromatic carbocycles. The Balaban J connectivity index is 1.77. The minimum absolute atomic E-state index is 0.0952. The predicted octanol–water partition coefficient (Wildman–Crippen LogP) is 2.50. The fraction of sp³-hybridized carbons (Fsp3) is 0.333. The molecule has 2 amide bonds. The zero-order valence-corrected chi connectivity index (χ0v) is 15.9. The van der Waals surface area contributed by atoms with Crippen molar-refractivity contribution in [2.24, 2.45) is 11.8 Å². The van der Waals surface area contributed by atoms with Crippen molar-refractivity contribution in [1.82, 2.24) is 9.88 Å². The van der Waals surface area contributed by atoms with Gasteiger partial charge in [0.2, 0.25) is 5.91 Å². The van der Waals surface area contributed by atoms with Crippen molar-refractivity contribution >= 4 is 23.5 Å². The number of anilines is 1. The lowest BCUT2D eigenvalue weighted by molar-refractivity contribution is -0.144. The highest BCUT2D eigenvalue weighted by Gasteiger charge is 2.37. The molecule has 7 nitrogen and oxygen atoms in total. The monoisotopic (exact) mass is 381 g/mol. The third-order valence-electron chi connectivity index (χ3n) is 4.90. The summed E-state index contributed by atoms with van der Waals surface area (Å²) >= 11 is 0. The van der Waals surface area contributed by atoms with E-state index in [1.54, 1.807) is 36.5 Å². The summed E-state index contributed by atoms with van der Waals surface area (Å²) in [6, 6.07) is 10.7. The van der Waals surface area contributed by atoms with Crippen molar-refractivity contribution in [2.45, 2.75) is 20.3 Å². The number of aliphatic carboxylic acids is 1. The first kappa shape index (κ1) is 19.5. The van der Waals surface area contributed by atoms with Gasteiger partial charge in [0, 0.05) is 24.3 Å². The van der Waals surface area contributed by atoms with Crippen LogP contribution in [-0.2, 0) is 9.59 Å². The number of hydrogen-bond donors (Lipinski definition) is 2. The van der Waals surface area contributed by atoms with Gasteiger partial charge in [-0.25, -0.2) is 0 Å². The zero-order chi connectivity index (χ0) is 20.3. The average molecular weight is 381 g/mol. The van der Waals surface area contributed by atoms with Crippen LogP contribution in [0.1, 0.15) is 28.0 Å². The first-order chi connectivity index (χ1) is 13.3. The number of nitrogens with zero attached hydrogens (tertiary/aromatic N) is 2. The molecule has 3 rings (SSSR count). The molecule has 2 N–H and O–H groups in total. The topological polar surface area (TPSA) is 99.6 Å². The number of hydrogen-bond acceptors (Lipinski definition) is 4. The van der Waals surface area contributed by atoms with E-state index in [2.05, 4.69) is 10.3 Å². The molecule has 0 spiro atoms. The summed E-state index contributed by atoms with van der Waals surface area (Å²) in [7, 11) is 0. The number of piperidine rings is 1. The summed E-state index contributed by atoms with van der Waals surface area (Å²) in [6.45, 7) is 4.01. The van der Waals surface area contributed by atoms with Crippen LogP contribution in [0.2, 0.25) is 0 Å². The number of pyridine rings is 1. The maximum Gasteiger partial charge on any atom is 0.308 e. The molecule has 0 unspecified atom stereocenters. The minimum atomic E-state index is -1.00. The lowest BCUT2D eigenvalue weighted by atomic mass is 9.88. The number of aromatic nitrogens is 1. The second kappa shape index (κ2) is 8.21. The molecule has 2 aromatic rings. The average Bonchev–Trinajstić information content (AvgIpc) is 2.68. The van der Waals surface area contributed by atoms with Crippen LogP contribution >= 0.6 is 0 Å². The number of likely N-dealkylation sites (tertiary alicyclic amines) is 1. The van der Waals surface area contributed by atoms with Gasteiger partial charge in [-0.2, -0.15) is 0 Å². The van der Waals surface area contributed by atoms with Gasteiger partial charge in [0.25, 0.3) is 5.91 Å². The molecular formula is C21H23N3O4. The van der Waals surface area contributed by atoms with Gasteiger partial charge in [0.1, 0.15) is 0 Å².